The van der Waals surface area contributed by atoms with Crippen molar-refractivity contribution in [3.05, 3.63) is 0 Å². The van der Waals surface area contributed by atoms with Crippen molar-refractivity contribution in [3.63, 3.8) is 0 Å². The highest BCUT2D eigenvalue weighted by Crippen LogP contribution is 2.16. The molecule has 0 aliphatic heterocycles. The summed E-state index contributed by atoms with van der Waals surface area (Å²) in [5.41, 5.74) is 0. The van der Waals surface area contributed by atoms with Gasteiger partial charge in [-0.1, -0.05) is 41.5 Å². The van der Waals surface area contributed by atoms with E-state index >= 15 is 0 Å². The number of hydrogen-bond donors (Lipinski definition) is 1. The van der Waals surface area contributed by atoms with Crippen molar-refractivity contribution in [2.24, 2.45) is 5.92 Å². The Hall–Kier alpha value is -0.0800. The fraction of sp³-hybridized carbons (Fsp3) is 1.00. The second kappa shape index (κ2) is 9.80. The molecule has 0 fully saturated rings. The maximum Gasteiger partial charge on any atom is 0.00929 e. The zero-order valence-corrected chi connectivity index (χ0v) is 13.8. The first-order valence-electron chi connectivity index (χ1n) is 7.91. The van der Waals surface area contributed by atoms with Crippen molar-refractivity contribution < 1.29 is 0 Å². The minimum atomic E-state index is 0.601. The van der Waals surface area contributed by atoms with E-state index in [9.17, 15) is 0 Å². The van der Waals surface area contributed by atoms with Crippen LogP contribution in [0.15, 0.2) is 0 Å². The first-order chi connectivity index (χ1) is 8.42. The van der Waals surface area contributed by atoms with Gasteiger partial charge in [-0.3, -0.25) is 4.90 Å². The van der Waals surface area contributed by atoms with Crippen LogP contribution in [-0.2, 0) is 0 Å². The Balaban J connectivity index is 4.34. The third-order valence-corrected chi connectivity index (χ3v) is 3.67. The third kappa shape index (κ3) is 7.38. The lowest BCUT2D eigenvalue weighted by atomic mass is 10.0. The smallest absolute Gasteiger partial charge is 0.00929 e. The Morgan fingerprint density at radius 1 is 0.944 bits per heavy atom. The topological polar surface area (TPSA) is 15.3 Å². The molecular weight excluding hydrogens is 220 g/mol. The van der Waals surface area contributed by atoms with E-state index in [1.54, 1.807) is 0 Å². The molecule has 0 radical (unpaired) electrons. The molecule has 2 nitrogen and oxygen atoms in total. The Morgan fingerprint density at radius 3 is 1.89 bits per heavy atom. The fourth-order valence-electron chi connectivity index (χ4n) is 2.61. The molecule has 0 rings (SSSR count). The maximum absolute atomic E-state index is 3.53. The van der Waals surface area contributed by atoms with E-state index in [-0.39, 0.29) is 0 Å². The molecule has 0 aliphatic rings. The summed E-state index contributed by atoms with van der Waals surface area (Å²) < 4.78 is 0. The van der Waals surface area contributed by atoms with E-state index in [1.165, 1.54) is 25.8 Å². The van der Waals surface area contributed by atoms with Gasteiger partial charge in [0.05, 0.1) is 0 Å². The summed E-state index contributed by atoms with van der Waals surface area (Å²) in [7, 11) is 0. The average Bonchev–Trinajstić information content (AvgIpc) is 2.28. The SMILES string of the molecule is CCC(CC)N(CC(C)C)C(C)CCNC(C)C. The maximum atomic E-state index is 3.53. The second-order valence-corrected chi connectivity index (χ2v) is 6.31. The van der Waals surface area contributed by atoms with E-state index in [1.807, 2.05) is 0 Å². The summed E-state index contributed by atoms with van der Waals surface area (Å²) in [5, 5.41) is 3.53. The second-order valence-electron chi connectivity index (χ2n) is 6.31. The average molecular weight is 256 g/mol. The van der Waals surface area contributed by atoms with E-state index < -0.39 is 0 Å². The molecule has 1 unspecified atom stereocenters. The van der Waals surface area contributed by atoms with Gasteiger partial charge in [-0.15, -0.1) is 0 Å². The minimum Gasteiger partial charge on any atom is -0.314 e. The molecule has 2 heteroatoms. The van der Waals surface area contributed by atoms with Gasteiger partial charge in [0.1, 0.15) is 0 Å². The lowest BCUT2D eigenvalue weighted by molar-refractivity contribution is 0.112. The van der Waals surface area contributed by atoms with Crippen molar-refractivity contribution in [2.45, 2.75) is 85.9 Å². The molecular formula is C16H36N2. The molecule has 0 spiro atoms. The predicted molar refractivity (Wildman–Crippen MR) is 83.1 cm³/mol. The highest BCUT2D eigenvalue weighted by Gasteiger charge is 2.21. The number of nitrogens with one attached hydrogen (secondary N) is 1. The standard InChI is InChI=1S/C16H36N2/c1-8-16(9-2)18(12-13(3)4)15(7)10-11-17-14(5)6/h13-17H,8-12H2,1-7H3. The molecule has 110 valence electrons. The monoisotopic (exact) mass is 256 g/mol. The largest absolute Gasteiger partial charge is 0.314 e. The molecule has 18 heavy (non-hydrogen) atoms. The first-order valence-corrected chi connectivity index (χ1v) is 7.91. The van der Waals surface area contributed by atoms with E-state index in [4.69, 9.17) is 0 Å². The third-order valence-electron chi connectivity index (χ3n) is 3.67. The van der Waals surface area contributed by atoms with Crippen LogP contribution in [-0.4, -0.2) is 36.1 Å². The summed E-state index contributed by atoms with van der Waals surface area (Å²) >= 11 is 0. The number of nitrogens with zero attached hydrogens (tertiary/aromatic N) is 1. The first kappa shape index (κ1) is 17.9. The van der Waals surface area contributed by atoms with Gasteiger partial charge in [0, 0.05) is 24.7 Å². The van der Waals surface area contributed by atoms with Crippen molar-refractivity contribution >= 4 is 0 Å². The van der Waals surface area contributed by atoms with Crippen molar-refractivity contribution in [1.29, 1.82) is 0 Å². The Morgan fingerprint density at radius 2 is 1.50 bits per heavy atom. The molecule has 0 bridgehead atoms. The summed E-state index contributed by atoms with van der Waals surface area (Å²) in [6, 6.07) is 2.04. The molecule has 0 aliphatic carbocycles. The molecule has 1 atom stereocenters. The van der Waals surface area contributed by atoms with Gasteiger partial charge in [0.15, 0.2) is 0 Å². The van der Waals surface area contributed by atoms with Crippen LogP contribution in [0.4, 0.5) is 0 Å². The Labute approximate surface area is 116 Å². The van der Waals surface area contributed by atoms with Crippen LogP contribution >= 0.6 is 0 Å². The molecule has 0 aromatic carbocycles. The van der Waals surface area contributed by atoms with E-state index in [2.05, 4.69) is 58.7 Å². The van der Waals surface area contributed by atoms with Crippen molar-refractivity contribution in [3.8, 4) is 0 Å². The summed E-state index contributed by atoms with van der Waals surface area (Å²) in [6.45, 7) is 18.5. The van der Waals surface area contributed by atoms with Crippen LogP contribution in [0.2, 0.25) is 0 Å². The van der Waals surface area contributed by atoms with Crippen LogP contribution in [0.5, 0.6) is 0 Å². The van der Waals surface area contributed by atoms with Crippen LogP contribution in [0.25, 0.3) is 0 Å². The molecule has 0 aromatic heterocycles. The number of hydrogen-bond acceptors (Lipinski definition) is 2. The lowest BCUT2D eigenvalue weighted by Gasteiger charge is -2.37. The van der Waals surface area contributed by atoms with Crippen molar-refractivity contribution in [2.75, 3.05) is 13.1 Å². The Bertz CT molecular complexity index is 186. The molecule has 0 aromatic rings. The van der Waals surface area contributed by atoms with Crippen LogP contribution in [0, 0.1) is 5.92 Å². The van der Waals surface area contributed by atoms with Crippen molar-refractivity contribution in [1.82, 2.24) is 10.2 Å². The molecule has 0 heterocycles. The van der Waals surface area contributed by atoms with Crippen LogP contribution in [0.3, 0.4) is 0 Å². The minimum absolute atomic E-state index is 0.601. The van der Waals surface area contributed by atoms with Gasteiger partial charge >= 0.3 is 0 Å². The highest BCUT2D eigenvalue weighted by molar-refractivity contribution is 4.77. The molecule has 1 N–H and O–H groups in total. The summed E-state index contributed by atoms with van der Waals surface area (Å²) in [4.78, 5) is 2.73. The lowest BCUT2D eigenvalue weighted by Crippen LogP contribution is -2.44. The zero-order valence-electron chi connectivity index (χ0n) is 13.8. The van der Waals surface area contributed by atoms with Crippen LogP contribution < -0.4 is 5.32 Å². The van der Waals surface area contributed by atoms with Gasteiger partial charge in [-0.25, -0.2) is 0 Å². The molecule has 0 saturated carbocycles. The van der Waals surface area contributed by atoms with Gasteiger partial charge in [0.25, 0.3) is 0 Å². The summed E-state index contributed by atoms with van der Waals surface area (Å²) in [6.07, 6.45) is 3.79. The van der Waals surface area contributed by atoms with Gasteiger partial charge < -0.3 is 5.32 Å². The Kier molecular flexibility index (Phi) is 9.76. The summed E-state index contributed by atoms with van der Waals surface area (Å²) in [5.74, 6) is 0.756. The predicted octanol–water partition coefficient (Wildman–Crippen LogP) is 3.91. The van der Waals surface area contributed by atoms with Gasteiger partial charge in [0.2, 0.25) is 0 Å². The highest BCUT2D eigenvalue weighted by atomic mass is 15.2. The molecule has 0 saturated heterocycles. The number of rotatable bonds is 10. The normalized spacial score (nSPS) is 14.2. The van der Waals surface area contributed by atoms with Gasteiger partial charge in [-0.2, -0.15) is 0 Å². The van der Waals surface area contributed by atoms with E-state index in [0.29, 0.717) is 12.1 Å². The van der Waals surface area contributed by atoms with Crippen LogP contribution in [0.1, 0.15) is 67.7 Å². The quantitative estimate of drug-likeness (QED) is 0.637. The van der Waals surface area contributed by atoms with E-state index in [0.717, 1.165) is 18.5 Å². The molecule has 0 amide bonds. The zero-order chi connectivity index (χ0) is 14.1. The fourth-order valence-corrected chi connectivity index (χ4v) is 2.61. The van der Waals surface area contributed by atoms with Gasteiger partial charge in [-0.05, 0) is 38.6 Å².